The summed E-state index contributed by atoms with van der Waals surface area (Å²) in [6.07, 6.45) is 0. The predicted octanol–water partition coefficient (Wildman–Crippen LogP) is 4.62. The highest BCUT2D eigenvalue weighted by molar-refractivity contribution is 14.1. The van der Waals surface area contributed by atoms with Gasteiger partial charge in [0.15, 0.2) is 11.5 Å². The molecule has 0 unspecified atom stereocenters. The molecule has 6 heteroatoms. The Balaban J connectivity index is 2.25. The van der Waals surface area contributed by atoms with Gasteiger partial charge in [-0.2, -0.15) is 0 Å². The molecule has 0 fully saturated rings. The van der Waals surface area contributed by atoms with Crippen LogP contribution in [-0.4, -0.2) is 17.7 Å². The average Bonchev–Trinajstić information content (AvgIpc) is 2.48. The zero-order valence-corrected chi connectivity index (χ0v) is 14.7. The summed E-state index contributed by atoms with van der Waals surface area (Å²) < 4.78 is 12.0. The van der Waals surface area contributed by atoms with E-state index in [0.29, 0.717) is 33.3 Å². The highest BCUT2D eigenvalue weighted by Gasteiger charge is 2.15. The highest BCUT2D eigenvalue weighted by atomic mass is 127. The van der Waals surface area contributed by atoms with E-state index in [9.17, 15) is 4.79 Å². The van der Waals surface area contributed by atoms with Crippen LogP contribution < -0.4 is 9.47 Å². The van der Waals surface area contributed by atoms with Crippen LogP contribution in [0, 0.1) is 3.57 Å². The van der Waals surface area contributed by atoms with E-state index >= 15 is 0 Å². The van der Waals surface area contributed by atoms with Gasteiger partial charge in [0.25, 0.3) is 0 Å². The normalized spacial score (nSPS) is 10.3. The maximum Gasteiger partial charge on any atom is 0.335 e. The van der Waals surface area contributed by atoms with Gasteiger partial charge in [-0.25, -0.2) is 4.79 Å². The van der Waals surface area contributed by atoms with E-state index in [1.807, 2.05) is 41.6 Å². The number of hydrogen-bond acceptors (Lipinski definition) is 3. The number of rotatable bonds is 6. The van der Waals surface area contributed by atoms with E-state index in [1.54, 1.807) is 18.2 Å². The van der Waals surface area contributed by atoms with Crippen molar-refractivity contribution < 1.29 is 19.4 Å². The summed E-state index contributed by atoms with van der Waals surface area (Å²) in [4.78, 5) is 11.1. The van der Waals surface area contributed by atoms with Crippen LogP contribution in [0.4, 0.5) is 0 Å². The molecule has 2 aromatic rings. The van der Waals surface area contributed by atoms with Gasteiger partial charge in [0.1, 0.15) is 6.61 Å². The molecule has 0 aliphatic rings. The molecule has 0 bridgehead atoms. The number of halogens is 2. The molecule has 2 aromatic carbocycles. The van der Waals surface area contributed by atoms with Gasteiger partial charge in [0, 0.05) is 5.02 Å². The van der Waals surface area contributed by atoms with Crippen molar-refractivity contribution in [1.82, 2.24) is 0 Å². The van der Waals surface area contributed by atoms with Gasteiger partial charge in [0.05, 0.1) is 15.7 Å². The zero-order chi connectivity index (χ0) is 16.1. The molecule has 116 valence electrons. The Morgan fingerprint density at radius 2 is 1.91 bits per heavy atom. The Morgan fingerprint density at radius 3 is 2.50 bits per heavy atom. The van der Waals surface area contributed by atoms with Crippen LogP contribution >= 0.6 is 34.2 Å². The third-order valence-corrected chi connectivity index (χ3v) is 3.91. The molecule has 0 amide bonds. The number of carbonyl (C=O) groups is 1. The zero-order valence-electron chi connectivity index (χ0n) is 11.8. The van der Waals surface area contributed by atoms with Gasteiger partial charge >= 0.3 is 5.97 Å². The minimum absolute atomic E-state index is 0.173. The van der Waals surface area contributed by atoms with Crippen LogP contribution in [0.25, 0.3) is 0 Å². The fraction of sp³-hybridized carbons (Fsp3) is 0.188. The summed E-state index contributed by atoms with van der Waals surface area (Å²) in [6.45, 7) is 2.61. The summed E-state index contributed by atoms with van der Waals surface area (Å²) in [5.74, 6) is -0.0220. The smallest absolute Gasteiger partial charge is 0.335 e. The SMILES string of the molecule is CCOc1cc(C(=O)O)cc(I)c1OCc1ccc(Cl)cc1. The first-order valence-corrected chi connectivity index (χ1v) is 8.03. The second kappa shape index (κ2) is 7.69. The number of benzene rings is 2. The molecule has 0 radical (unpaired) electrons. The van der Waals surface area contributed by atoms with Crippen molar-refractivity contribution in [3.8, 4) is 11.5 Å². The van der Waals surface area contributed by atoms with E-state index in [0.717, 1.165) is 5.56 Å². The Labute approximate surface area is 147 Å². The molecule has 0 atom stereocenters. The van der Waals surface area contributed by atoms with Crippen LogP contribution in [0.15, 0.2) is 36.4 Å². The van der Waals surface area contributed by atoms with Crippen molar-refractivity contribution in [2.75, 3.05) is 6.61 Å². The first-order chi connectivity index (χ1) is 10.5. The molecule has 0 aliphatic carbocycles. The topological polar surface area (TPSA) is 55.8 Å². The van der Waals surface area contributed by atoms with Crippen LogP contribution in [-0.2, 0) is 6.61 Å². The van der Waals surface area contributed by atoms with Crippen molar-refractivity contribution in [3.63, 3.8) is 0 Å². The lowest BCUT2D eigenvalue weighted by molar-refractivity contribution is 0.0696. The number of ether oxygens (including phenoxy) is 2. The molecular weight excluding hydrogens is 419 g/mol. The molecule has 0 spiro atoms. The summed E-state index contributed by atoms with van der Waals surface area (Å²) >= 11 is 7.89. The molecule has 4 nitrogen and oxygen atoms in total. The van der Waals surface area contributed by atoms with Gasteiger partial charge < -0.3 is 14.6 Å². The minimum atomic E-state index is -0.997. The number of carboxylic acid groups (broad SMARTS) is 1. The Hall–Kier alpha value is -1.47. The maximum absolute atomic E-state index is 11.1. The van der Waals surface area contributed by atoms with Gasteiger partial charge in [-0.05, 0) is 59.3 Å². The Bertz CT molecular complexity index is 671. The molecule has 0 saturated carbocycles. The molecule has 0 heterocycles. The van der Waals surface area contributed by atoms with Gasteiger partial charge in [0.2, 0.25) is 0 Å². The summed E-state index contributed by atoms with van der Waals surface area (Å²) in [5.41, 5.74) is 1.14. The average molecular weight is 433 g/mol. The van der Waals surface area contributed by atoms with E-state index in [4.69, 9.17) is 26.2 Å². The molecule has 22 heavy (non-hydrogen) atoms. The van der Waals surface area contributed by atoms with E-state index < -0.39 is 5.97 Å². The van der Waals surface area contributed by atoms with Crippen LogP contribution in [0.5, 0.6) is 11.5 Å². The third kappa shape index (κ3) is 4.27. The van der Waals surface area contributed by atoms with E-state index in [-0.39, 0.29) is 5.56 Å². The van der Waals surface area contributed by atoms with Crippen molar-refractivity contribution in [2.45, 2.75) is 13.5 Å². The summed E-state index contributed by atoms with van der Waals surface area (Å²) in [5, 5.41) is 9.78. The van der Waals surface area contributed by atoms with Crippen molar-refractivity contribution >= 4 is 40.2 Å². The number of carboxylic acids is 1. The lowest BCUT2D eigenvalue weighted by Gasteiger charge is -2.14. The quantitative estimate of drug-likeness (QED) is 0.677. The van der Waals surface area contributed by atoms with Crippen molar-refractivity contribution in [2.24, 2.45) is 0 Å². The largest absolute Gasteiger partial charge is 0.490 e. The Kier molecular flexibility index (Phi) is 5.90. The second-order valence-corrected chi connectivity index (χ2v) is 6.04. The van der Waals surface area contributed by atoms with Crippen molar-refractivity contribution in [1.29, 1.82) is 0 Å². The molecule has 0 saturated heterocycles. The molecular formula is C16H14ClIO4. The summed E-state index contributed by atoms with van der Waals surface area (Å²) in [7, 11) is 0. The second-order valence-electron chi connectivity index (χ2n) is 4.44. The molecule has 0 aliphatic heterocycles. The van der Waals surface area contributed by atoms with Crippen LogP contribution in [0.2, 0.25) is 5.02 Å². The van der Waals surface area contributed by atoms with E-state index in [1.165, 1.54) is 6.07 Å². The van der Waals surface area contributed by atoms with Gasteiger partial charge in [-0.3, -0.25) is 0 Å². The minimum Gasteiger partial charge on any atom is -0.490 e. The van der Waals surface area contributed by atoms with Gasteiger partial charge in [-0.15, -0.1) is 0 Å². The van der Waals surface area contributed by atoms with Crippen LogP contribution in [0.1, 0.15) is 22.8 Å². The fourth-order valence-corrected chi connectivity index (χ4v) is 2.71. The standard InChI is InChI=1S/C16H14ClIO4/c1-2-21-14-8-11(16(19)20)7-13(18)15(14)22-9-10-3-5-12(17)6-4-10/h3-8H,2,9H2,1H3,(H,19,20). The monoisotopic (exact) mass is 432 g/mol. The van der Waals surface area contributed by atoms with Gasteiger partial charge in [-0.1, -0.05) is 23.7 Å². The lowest BCUT2D eigenvalue weighted by atomic mass is 10.2. The predicted molar refractivity (Wildman–Crippen MR) is 93.1 cm³/mol. The maximum atomic E-state index is 11.1. The molecule has 2 rings (SSSR count). The third-order valence-electron chi connectivity index (χ3n) is 2.85. The number of aromatic carboxylic acids is 1. The first kappa shape index (κ1) is 16.9. The Morgan fingerprint density at radius 1 is 1.23 bits per heavy atom. The highest BCUT2D eigenvalue weighted by Crippen LogP contribution is 2.35. The van der Waals surface area contributed by atoms with Crippen molar-refractivity contribution in [3.05, 3.63) is 56.1 Å². The molecule has 1 N–H and O–H groups in total. The van der Waals surface area contributed by atoms with Crippen LogP contribution in [0.3, 0.4) is 0 Å². The lowest BCUT2D eigenvalue weighted by Crippen LogP contribution is -2.04. The molecule has 0 aromatic heterocycles. The van der Waals surface area contributed by atoms with E-state index in [2.05, 4.69) is 0 Å². The fourth-order valence-electron chi connectivity index (χ4n) is 1.83. The summed E-state index contributed by atoms with van der Waals surface area (Å²) in [6, 6.07) is 10.4. The number of hydrogen-bond donors (Lipinski definition) is 1. The first-order valence-electron chi connectivity index (χ1n) is 6.58.